The van der Waals surface area contributed by atoms with E-state index in [9.17, 15) is 0 Å². The van der Waals surface area contributed by atoms with Gasteiger partial charge in [-0.2, -0.15) is 0 Å². The first-order valence-corrected chi connectivity index (χ1v) is 8.50. The van der Waals surface area contributed by atoms with Crippen LogP contribution in [0.15, 0.2) is 12.2 Å². The van der Waals surface area contributed by atoms with Crippen LogP contribution < -0.4 is 0 Å². The van der Waals surface area contributed by atoms with E-state index in [2.05, 4.69) is 64.9 Å². The predicted octanol–water partition coefficient (Wildman–Crippen LogP) is 3.63. The van der Waals surface area contributed by atoms with Crippen molar-refractivity contribution in [2.45, 2.75) is 59.8 Å². The lowest BCUT2D eigenvalue weighted by Crippen LogP contribution is -2.56. The van der Waals surface area contributed by atoms with Crippen LogP contribution in [0.2, 0.25) is 13.1 Å². The average molecular weight is 212 g/mol. The quantitative estimate of drug-likeness (QED) is 0.497. The van der Waals surface area contributed by atoms with E-state index in [0.29, 0.717) is 12.1 Å². The van der Waals surface area contributed by atoms with E-state index in [1.165, 1.54) is 5.57 Å². The molecular weight excluding hydrogens is 186 g/mol. The second-order valence-corrected chi connectivity index (χ2v) is 9.35. The molecule has 0 unspecified atom stereocenters. The van der Waals surface area contributed by atoms with Crippen LogP contribution in [-0.4, -0.2) is 24.9 Å². The van der Waals surface area contributed by atoms with Gasteiger partial charge in [-0.15, -0.1) is 0 Å². The second kappa shape index (κ2) is 5.03. The first-order valence-electron chi connectivity index (χ1n) is 5.48. The first kappa shape index (κ1) is 13.8. The van der Waals surface area contributed by atoms with Gasteiger partial charge < -0.3 is 4.57 Å². The highest BCUT2D eigenvalue weighted by molar-refractivity contribution is 6.79. The van der Waals surface area contributed by atoms with Gasteiger partial charge in [0.05, 0.1) is 8.24 Å². The molecule has 0 aliphatic rings. The van der Waals surface area contributed by atoms with Crippen molar-refractivity contribution in [2.75, 3.05) is 0 Å². The van der Waals surface area contributed by atoms with Crippen molar-refractivity contribution >= 4 is 8.24 Å². The highest BCUT2D eigenvalue weighted by Gasteiger charge is 2.28. The molecule has 0 rings (SSSR count). The van der Waals surface area contributed by atoms with Crippen LogP contribution in [0.1, 0.15) is 34.6 Å². The topological polar surface area (TPSA) is 3.24 Å². The summed E-state index contributed by atoms with van der Waals surface area (Å²) in [6.45, 7) is 20.0. The Morgan fingerprint density at radius 3 is 1.71 bits per heavy atom. The van der Waals surface area contributed by atoms with E-state index in [0.717, 1.165) is 0 Å². The Hall–Kier alpha value is -0.213. The van der Waals surface area contributed by atoms with Gasteiger partial charge in [-0.25, -0.2) is 18.2 Å². The molecule has 14 heavy (non-hydrogen) atoms. The Bertz CT molecular complexity index is 186. The summed E-state index contributed by atoms with van der Waals surface area (Å²) in [7, 11) is -1.41. The Morgan fingerprint density at radius 2 is 1.50 bits per heavy atom. The van der Waals surface area contributed by atoms with Crippen LogP contribution in [0.3, 0.4) is 0 Å². The summed E-state index contributed by atoms with van der Waals surface area (Å²) in [6.07, 6.45) is 0. The molecule has 2 heteroatoms. The summed E-state index contributed by atoms with van der Waals surface area (Å²) >= 11 is 0. The van der Waals surface area contributed by atoms with Crippen molar-refractivity contribution in [1.82, 2.24) is 4.57 Å². The first-order chi connectivity index (χ1) is 6.18. The van der Waals surface area contributed by atoms with Gasteiger partial charge in [0.25, 0.3) is 0 Å². The van der Waals surface area contributed by atoms with E-state index in [-0.39, 0.29) is 0 Å². The molecule has 0 atom stereocenters. The number of allylic oxidation sites excluding steroid dienone is 1. The van der Waals surface area contributed by atoms with Gasteiger partial charge in [0.1, 0.15) is 0 Å². The maximum atomic E-state index is 3.99. The fourth-order valence-corrected chi connectivity index (χ4v) is 6.62. The van der Waals surface area contributed by atoms with E-state index in [4.69, 9.17) is 0 Å². The monoisotopic (exact) mass is 212 g/mol. The second-order valence-electron chi connectivity index (χ2n) is 5.24. The molecule has 84 valence electrons. The number of nitrogens with zero attached hydrogens (tertiary/aromatic N) is 1. The number of hydrogen-bond donors (Lipinski definition) is 0. The fourth-order valence-electron chi connectivity index (χ4n) is 2.60. The third-order valence-electron chi connectivity index (χ3n) is 2.38. The third kappa shape index (κ3) is 3.89. The van der Waals surface area contributed by atoms with Gasteiger partial charge in [-0.3, -0.25) is 0 Å². The summed E-state index contributed by atoms with van der Waals surface area (Å²) < 4.78 is 2.64. The van der Waals surface area contributed by atoms with Crippen molar-refractivity contribution in [3.8, 4) is 0 Å². The SMILES string of the molecule is C=C(C)[CH-][Si](C)(C)N(C(C)C)C(C)C. The Kier molecular flexibility index (Phi) is 4.96. The lowest BCUT2D eigenvalue weighted by molar-refractivity contribution is 0.297. The molecule has 0 amide bonds. The van der Waals surface area contributed by atoms with E-state index < -0.39 is 8.24 Å². The summed E-state index contributed by atoms with van der Waals surface area (Å²) in [5.41, 5.74) is 1.20. The molecule has 0 spiro atoms. The molecule has 0 N–H and O–H groups in total. The smallest absolute Gasteiger partial charge is 0.0615 e. The summed E-state index contributed by atoms with van der Waals surface area (Å²) in [4.78, 5) is 0. The Labute approximate surface area is 91.3 Å². The van der Waals surface area contributed by atoms with E-state index in [1.54, 1.807) is 0 Å². The van der Waals surface area contributed by atoms with Gasteiger partial charge >= 0.3 is 0 Å². The fraction of sp³-hybridized carbons (Fsp3) is 0.750. The highest BCUT2D eigenvalue weighted by Crippen LogP contribution is 2.22. The summed E-state index contributed by atoms with van der Waals surface area (Å²) in [5, 5.41) is 0. The summed E-state index contributed by atoms with van der Waals surface area (Å²) in [5.74, 6) is 0. The lowest BCUT2D eigenvalue weighted by atomic mass is 10.3. The molecule has 0 aliphatic heterocycles. The standard InChI is InChI=1S/C12H26NSi/c1-10(2)9-14(7,8)13(11(3)4)12(5)6/h9,11-12H,1H2,2-8H3/q-1. The largest absolute Gasteiger partial charge is 0.330 e. The Balaban J connectivity index is 4.71. The van der Waals surface area contributed by atoms with Crippen molar-refractivity contribution in [2.24, 2.45) is 0 Å². The van der Waals surface area contributed by atoms with Crippen molar-refractivity contribution in [1.29, 1.82) is 0 Å². The maximum Gasteiger partial charge on any atom is 0.0615 e. The summed E-state index contributed by atoms with van der Waals surface area (Å²) in [6, 6.07) is 3.62. The van der Waals surface area contributed by atoms with Crippen LogP contribution in [0.5, 0.6) is 0 Å². The van der Waals surface area contributed by atoms with Gasteiger partial charge in [0, 0.05) is 0 Å². The highest BCUT2D eigenvalue weighted by atomic mass is 28.3. The molecule has 0 aromatic rings. The minimum absolute atomic E-state index is 0.618. The zero-order chi connectivity index (χ0) is 11.5. The zero-order valence-electron chi connectivity index (χ0n) is 10.9. The molecule has 0 aromatic heterocycles. The van der Waals surface area contributed by atoms with E-state index >= 15 is 0 Å². The van der Waals surface area contributed by atoms with Crippen molar-refractivity contribution in [3.63, 3.8) is 0 Å². The average Bonchev–Trinajstić information content (AvgIpc) is 1.77. The predicted molar refractivity (Wildman–Crippen MR) is 68.7 cm³/mol. The molecule has 0 radical (unpaired) electrons. The Morgan fingerprint density at radius 1 is 1.14 bits per heavy atom. The maximum absolute atomic E-state index is 3.99. The molecule has 0 saturated heterocycles. The molecule has 0 heterocycles. The van der Waals surface area contributed by atoms with Crippen LogP contribution in [0, 0.1) is 6.04 Å². The molecule has 1 nitrogen and oxygen atoms in total. The van der Waals surface area contributed by atoms with Gasteiger partial charge in [-0.05, 0) is 12.1 Å². The molecule has 0 bridgehead atoms. The zero-order valence-corrected chi connectivity index (χ0v) is 11.9. The van der Waals surface area contributed by atoms with Crippen LogP contribution in [0.25, 0.3) is 0 Å². The lowest BCUT2D eigenvalue weighted by Gasteiger charge is -2.47. The van der Waals surface area contributed by atoms with Crippen molar-refractivity contribution in [3.05, 3.63) is 18.2 Å². The van der Waals surface area contributed by atoms with Gasteiger partial charge in [0.2, 0.25) is 0 Å². The normalized spacial score (nSPS) is 12.7. The third-order valence-corrected chi connectivity index (χ3v) is 5.94. The molecule has 0 aliphatic carbocycles. The molecule has 0 saturated carbocycles. The molecule has 0 fully saturated rings. The number of rotatable bonds is 5. The number of hydrogen-bond acceptors (Lipinski definition) is 1. The van der Waals surface area contributed by atoms with Crippen LogP contribution in [0.4, 0.5) is 0 Å². The minimum Gasteiger partial charge on any atom is -0.330 e. The van der Waals surface area contributed by atoms with Gasteiger partial charge in [-0.1, -0.05) is 47.7 Å². The van der Waals surface area contributed by atoms with Gasteiger partial charge in [0.15, 0.2) is 0 Å². The minimum atomic E-state index is -1.41. The van der Waals surface area contributed by atoms with Crippen LogP contribution >= 0.6 is 0 Å². The van der Waals surface area contributed by atoms with E-state index in [1.807, 2.05) is 0 Å². The van der Waals surface area contributed by atoms with Crippen molar-refractivity contribution < 1.29 is 0 Å². The van der Waals surface area contributed by atoms with Crippen LogP contribution in [-0.2, 0) is 0 Å². The molecule has 0 aromatic carbocycles. The molecular formula is C12H26NSi-.